The zero-order valence-corrected chi connectivity index (χ0v) is 9.13. The van der Waals surface area contributed by atoms with E-state index in [-0.39, 0.29) is 11.6 Å². The van der Waals surface area contributed by atoms with Gasteiger partial charge in [-0.25, -0.2) is 0 Å². The fraction of sp³-hybridized carbons (Fsp3) is 0.818. The predicted molar refractivity (Wildman–Crippen MR) is 55.5 cm³/mol. The lowest BCUT2D eigenvalue weighted by Gasteiger charge is -2.20. The Balaban J connectivity index is 2.57. The van der Waals surface area contributed by atoms with Crippen LogP contribution in [0.15, 0.2) is 11.6 Å². The first-order chi connectivity index (χ1) is 5.99. The molecule has 0 aromatic heterocycles. The summed E-state index contributed by atoms with van der Waals surface area (Å²) in [5.41, 5.74) is 7.33. The molecule has 1 aliphatic rings. The molecule has 0 amide bonds. The lowest BCUT2D eigenvalue weighted by atomic mass is 9.90. The van der Waals surface area contributed by atoms with E-state index in [9.17, 15) is 0 Å². The van der Waals surface area contributed by atoms with Crippen LogP contribution in [-0.2, 0) is 4.74 Å². The number of epoxide rings is 1. The van der Waals surface area contributed by atoms with Crippen LogP contribution >= 0.6 is 0 Å². The van der Waals surface area contributed by atoms with Gasteiger partial charge in [0.25, 0.3) is 0 Å². The van der Waals surface area contributed by atoms with E-state index >= 15 is 0 Å². The maximum atomic E-state index is 6.11. The van der Waals surface area contributed by atoms with Crippen molar-refractivity contribution >= 4 is 0 Å². The molecule has 0 radical (unpaired) electrons. The fourth-order valence-corrected chi connectivity index (χ4v) is 1.82. The van der Waals surface area contributed by atoms with Gasteiger partial charge in [0.05, 0.1) is 6.61 Å². The molecule has 1 fully saturated rings. The van der Waals surface area contributed by atoms with Gasteiger partial charge < -0.3 is 10.5 Å². The van der Waals surface area contributed by atoms with Gasteiger partial charge in [-0.15, -0.1) is 0 Å². The van der Waals surface area contributed by atoms with Crippen molar-refractivity contribution in [1.29, 1.82) is 0 Å². The van der Waals surface area contributed by atoms with Gasteiger partial charge in [0.2, 0.25) is 0 Å². The third-order valence-corrected chi connectivity index (χ3v) is 2.62. The molecule has 0 aromatic carbocycles. The van der Waals surface area contributed by atoms with Crippen molar-refractivity contribution in [2.24, 2.45) is 11.7 Å². The molecule has 2 nitrogen and oxygen atoms in total. The highest BCUT2D eigenvalue weighted by Gasteiger charge is 2.44. The quantitative estimate of drug-likeness (QED) is 0.535. The van der Waals surface area contributed by atoms with Crippen molar-refractivity contribution in [2.45, 2.75) is 45.8 Å². The first kappa shape index (κ1) is 10.7. The molecule has 0 spiro atoms. The van der Waals surface area contributed by atoms with Crippen molar-refractivity contribution in [2.75, 3.05) is 6.61 Å². The molecular weight excluding hydrogens is 162 g/mol. The Bertz CT molecular complexity index is 204. The Morgan fingerprint density at radius 1 is 1.62 bits per heavy atom. The second-order valence-electron chi connectivity index (χ2n) is 4.50. The van der Waals surface area contributed by atoms with Crippen LogP contribution in [0.2, 0.25) is 0 Å². The van der Waals surface area contributed by atoms with E-state index in [0.717, 1.165) is 13.0 Å². The second kappa shape index (κ2) is 3.81. The number of nitrogens with two attached hydrogens (primary N) is 1. The van der Waals surface area contributed by atoms with E-state index in [1.807, 2.05) is 6.92 Å². The molecular formula is C11H21NO. The minimum absolute atomic E-state index is 0.0386. The summed E-state index contributed by atoms with van der Waals surface area (Å²) < 4.78 is 5.40. The number of hydrogen-bond acceptors (Lipinski definition) is 2. The molecule has 1 rings (SSSR count). The molecule has 0 unspecified atom stereocenters. The molecule has 2 N–H and O–H groups in total. The highest BCUT2D eigenvalue weighted by atomic mass is 16.6. The van der Waals surface area contributed by atoms with Crippen LogP contribution < -0.4 is 5.73 Å². The third-order valence-electron chi connectivity index (χ3n) is 2.62. The standard InChI is InChI=1S/C11H21NO/c1-5-9(11(4)7-13-11)10(12)6-8(2)3/h5,8,10H,6-7,12H2,1-4H3/t10-,11+/m0/s1. The molecule has 0 aromatic rings. The molecule has 76 valence electrons. The minimum atomic E-state index is -0.0386. The van der Waals surface area contributed by atoms with Crippen molar-refractivity contribution in [1.82, 2.24) is 0 Å². The summed E-state index contributed by atoms with van der Waals surface area (Å²) in [6.45, 7) is 9.38. The lowest BCUT2D eigenvalue weighted by molar-refractivity contribution is 0.340. The fourth-order valence-electron chi connectivity index (χ4n) is 1.82. The second-order valence-corrected chi connectivity index (χ2v) is 4.50. The first-order valence-corrected chi connectivity index (χ1v) is 5.06. The zero-order chi connectivity index (χ0) is 10.1. The summed E-state index contributed by atoms with van der Waals surface area (Å²) >= 11 is 0. The van der Waals surface area contributed by atoms with Gasteiger partial charge in [-0.2, -0.15) is 0 Å². The third kappa shape index (κ3) is 2.55. The van der Waals surface area contributed by atoms with E-state index in [1.165, 1.54) is 5.57 Å². The number of hydrogen-bond donors (Lipinski definition) is 1. The van der Waals surface area contributed by atoms with Gasteiger partial charge in [-0.1, -0.05) is 19.9 Å². The van der Waals surface area contributed by atoms with Gasteiger partial charge in [0, 0.05) is 6.04 Å². The molecule has 1 saturated heterocycles. The van der Waals surface area contributed by atoms with E-state index in [4.69, 9.17) is 10.5 Å². The Kier molecular flexibility index (Phi) is 3.14. The monoisotopic (exact) mass is 183 g/mol. The topological polar surface area (TPSA) is 38.5 Å². The average Bonchev–Trinajstić information content (AvgIpc) is 2.68. The molecule has 13 heavy (non-hydrogen) atoms. The number of rotatable bonds is 4. The molecule has 0 aliphatic carbocycles. The molecule has 2 heteroatoms. The Labute approximate surface area is 81.1 Å². The van der Waals surface area contributed by atoms with Crippen LogP contribution in [0.25, 0.3) is 0 Å². The van der Waals surface area contributed by atoms with Crippen LogP contribution in [-0.4, -0.2) is 18.2 Å². The van der Waals surface area contributed by atoms with Gasteiger partial charge in [-0.05, 0) is 31.8 Å². The first-order valence-electron chi connectivity index (χ1n) is 5.06. The highest BCUT2D eigenvalue weighted by Crippen LogP contribution is 2.36. The van der Waals surface area contributed by atoms with Gasteiger partial charge in [0.15, 0.2) is 0 Å². The van der Waals surface area contributed by atoms with Crippen LogP contribution in [0.1, 0.15) is 34.1 Å². The van der Waals surface area contributed by atoms with Crippen LogP contribution in [0.4, 0.5) is 0 Å². The van der Waals surface area contributed by atoms with Crippen molar-refractivity contribution in [3.8, 4) is 0 Å². The average molecular weight is 183 g/mol. The normalized spacial score (nSPS) is 30.8. The van der Waals surface area contributed by atoms with Crippen molar-refractivity contribution in [3.05, 3.63) is 11.6 Å². The van der Waals surface area contributed by atoms with E-state index in [0.29, 0.717) is 5.92 Å². The maximum absolute atomic E-state index is 6.11. The predicted octanol–water partition coefficient (Wildman–Crippen LogP) is 2.10. The van der Waals surface area contributed by atoms with E-state index in [1.54, 1.807) is 0 Å². The summed E-state index contributed by atoms with van der Waals surface area (Å²) in [5.74, 6) is 0.646. The summed E-state index contributed by atoms with van der Waals surface area (Å²) in [6.07, 6.45) is 3.15. The summed E-state index contributed by atoms with van der Waals surface area (Å²) in [6, 6.07) is 0.164. The molecule has 2 atom stereocenters. The SMILES string of the molecule is CC=C([C@@H](N)CC(C)C)[C@@]1(C)CO1. The zero-order valence-electron chi connectivity index (χ0n) is 9.13. The summed E-state index contributed by atoms with van der Waals surface area (Å²) in [4.78, 5) is 0. The lowest BCUT2D eigenvalue weighted by Crippen LogP contribution is -2.31. The molecule has 0 saturated carbocycles. The Morgan fingerprint density at radius 2 is 2.15 bits per heavy atom. The van der Waals surface area contributed by atoms with Crippen LogP contribution in [0.5, 0.6) is 0 Å². The largest absolute Gasteiger partial charge is 0.365 e. The van der Waals surface area contributed by atoms with Crippen molar-refractivity contribution in [3.63, 3.8) is 0 Å². The van der Waals surface area contributed by atoms with E-state index in [2.05, 4.69) is 26.8 Å². The molecule has 0 bridgehead atoms. The number of ether oxygens (including phenoxy) is 1. The van der Waals surface area contributed by atoms with Crippen LogP contribution in [0.3, 0.4) is 0 Å². The van der Waals surface area contributed by atoms with Gasteiger partial charge in [-0.3, -0.25) is 0 Å². The highest BCUT2D eigenvalue weighted by molar-refractivity contribution is 5.26. The van der Waals surface area contributed by atoms with E-state index < -0.39 is 0 Å². The number of allylic oxidation sites excluding steroid dienone is 1. The minimum Gasteiger partial charge on any atom is -0.365 e. The van der Waals surface area contributed by atoms with Gasteiger partial charge in [0.1, 0.15) is 5.60 Å². The Hall–Kier alpha value is -0.340. The smallest absolute Gasteiger partial charge is 0.111 e. The Morgan fingerprint density at radius 3 is 2.46 bits per heavy atom. The maximum Gasteiger partial charge on any atom is 0.111 e. The molecule has 1 aliphatic heterocycles. The summed E-state index contributed by atoms with van der Waals surface area (Å²) in [7, 11) is 0. The van der Waals surface area contributed by atoms with Gasteiger partial charge >= 0.3 is 0 Å². The van der Waals surface area contributed by atoms with Crippen molar-refractivity contribution < 1.29 is 4.74 Å². The molecule has 1 heterocycles. The van der Waals surface area contributed by atoms with Crippen LogP contribution in [0, 0.1) is 5.92 Å². The summed E-state index contributed by atoms with van der Waals surface area (Å²) in [5, 5.41) is 0.